The summed E-state index contributed by atoms with van der Waals surface area (Å²) in [5, 5.41) is 139. The minimum Gasteiger partial charge on any atom is -0.465 e. The van der Waals surface area contributed by atoms with Crippen LogP contribution in [0.3, 0.4) is 0 Å². The van der Waals surface area contributed by atoms with Gasteiger partial charge in [-0.1, -0.05) is 25.5 Å². The van der Waals surface area contributed by atoms with Crippen molar-refractivity contribution in [1.82, 2.24) is 0 Å². The molecule has 6 heterocycles. The zero-order chi connectivity index (χ0) is 57.4. The molecule has 13 unspecified atom stereocenters. The average Bonchev–Trinajstić information content (AvgIpc) is 4.08. The van der Waals surface area contributed by atoms with Gasteiger partial charge in [0.25, 0.3) is 0 Å². The molecule has 10 rings (SSSR count). The molecule has 1 aromatic heterocycles. The van der Waals surface area contributed by atoms with E-state index in [-0.39, 0.29) is 24.4 Å². The molecule has 5 aliphatic heterocycles. The molecule has 0 radical (unpaired) electrons. The summed E-state index contributed by atoms with van der Waals surface area (Å²) < 4.78 is 67.0. The largest absolute Gasteiger partial charge is 0.465 e. The highest BCUT2D eigenvalue weighted by molar-refractivity contribution is 5.42. The molecule has 5 saturated heterocycles. The third-order valence-corrected chi connectivity index (χ3v) is 19.7. The topological polar surface area (TPSA) is 368 Å². The van der Waals surface area contributed by atoms with Crippen molar-refractivity contribution in [3.05, 3.63) is 34.3 Å². The van der Waals surface area contributed by atoms with Gasteiger partial charge in [-0.3, -0.25) is 0 Å². The van der Waals surface area contributed by atoms with Gasteiger partial charge in [0.05, 0.1) is 50.3 Å². The fourth-order valence-electron chi connectivity index (χ4n) is 14.8. The van der Waals surface area contributed by atoms with Crippen molar-refractivity contribution < 1.29 is 118 Å². The Balaban J connectivity index is 0.782. The normalized spacial score (nSPS) is 50.0. The minimum absolute atomic E-state index is 0.0499. The van der Waals surface area contributed by atoms with E-state index in [9.17, 15) is 66.4 Å². The molecule has 456 valence electrons. The number of furan rings is 1. The molecule has 31 atom stereocenters. The minimum atomic E-state index is -1.78. The van der Waals surface area contributed by atoms with Gasteiger partial charge in [0, 0.05) is 24.8 Å². The van der Waals surface area contributed by atoms with E-state index in [0.717, 1.165) is 50.0 Å². The van der Waals surface area contributed by atoms with E-state index in [4.69, 9.17) is 51.8 Å². The molecule has 1 aromatic rings. The molecule has 0 aromatic carbocycles. The lowest BCUT2D eigenvalue weighted by Gasteiger charge is -2.55. The standard InChI is InChI=1S/C56H88O24/c1-21(20-70-52-45(66)43(64)41(62)35(18-57)76-52)7-12-33-22(2)38-29-10-11-31-28(30(29)16-34(38)75-33)9-8-26-15-27(13-14-56(26,31)6)74-55-51(80-53-46(67)42(63)40(61)24(4)72-53)48(69)50(36(19-58)77-55)79-54-47(68)44(65)49(25(5)73-54)78-37-17-32(59)39(60)23(3)71-37/h8,21,23-25,27-32,35-37,39-55,57-69H,7,9-20H2,1-6H3/t21-,23?,24?,25?,27?,28+,29?,30+,31+,32-,35?,36?,37+,39+,40+,41-,42+,43+,44-,45+,46?,47?,48+,49?,50?,51+,52?,53+,54+,55?,56+/m1/s1. The van der Waals surface area contributed by atoms with Crippen LogP contribution in [-0.2, 0) is 60.2 Å². The van der Waals surface area contributed by atoms with Crippen molar-refractivity contribution in [2.75, 3.05) is 19.8 Å². The van der Waals surface area contributed by atoms with Gasteiger partial charge in [-0.15, -0.1) is 0 Å². The summed E-state index contributed by atoms with van der Waals surface area (Å²) in [6.07, 6.45) is -23.9. The fourth-order valence-corrected chi connectivity index (χ4v) is 14.8. The van der Waals surface area contributed by atoms with Crippen molar-refractivity contribution in [2.45, 2.75) is 265 Å². The molecule has 13 N–H and O–H groups in total. The Labute approximate surface area is 465 Å². The van der Waals surface area contributed by atoms with Gasteiger partial charge in [0.1, 0.15) is 103 Å². The summed E-state index contributed by atoms with van der Waals surface area (Å²) in [6.45, 7) is 10.1. The Morgan fingerprint density at radius 2 is 1.26 bits per heavy atom. The Morgan fingerprint density at radius 3 is 1.98 bits per heavy atom. The number of aliphatic hydroxyl groups excluding tert-OH is 13. The van der Waals surface area contributed by atoms with Crippen LogP contribution >= 0.6 is 0 Å². The van der Waals surface area contributed by atoms with Crippen LogP contribution in [0.4, 0.5) is 0 Å². The predicted molar refractivity (Wildman–Crippen MR) is 272 cm³/mol. The van der Waals surface area contributed by atoms with Crippen LogP contribution in [0.15, 0.2) is 16.1 Å². The summed E-state index contributed by atoms with van der Waals surface area (Å²) in [4.78, 5) is 0. The number of hydrogen-bond donors (Lipinski definition) is 13. The van der Waals surface area contributed by atoms with Gasteiger partial charge in [-0.05, 0) is 113 Å². The van der Waals surface area contributed by atoms with Crippen LogP contribution in [0, 0.1) is 36.0 Å². The van der Waals surface area contributed by atoms with Crippen molar-refractivity contribution >= 4 is 0 Å². The smallest absolute Gasteiger partial charge is 0.187 e. The molecular weight excluding hydrogens is 1060 g/mol. The van der Waals surface area contributed by atoms with Crippen molar-refractivity contribution in [2.24, 2.45) is 29.1 Å². The Hall–Kier alpha value is -1.90. The number of hydrogen-bond acceptors (Lipinski definition) is 24. The van der Waals surface area contributed by atoms with E-state index in [1.165, 1.54) is 23.6 Å². The van der Waals surface area contributed by atoms with Gasteiger partial charge in [-0.2, -0.15) is 0 Å². The van der Waals surface area contributed by atoms with Crippen molar-refractivity contribution in [3.63, 3.8) is 0 Å². The number of aliphatic hydroxyl groups is 13. The van der Waals surface area contributed by atoms with Crippen LogP contribution in [0.2, 0.25) is 0 Å². The summed E-state index contributed by atoms with van der Waals surface area (Å²) >= 11 is 0. The molecule has 24 heteroatoms. The molecule has 0 spiro atoms. The second-order valence-corrected chi connectivity index (χ2v) is 24.8. The number of rotatable bonds is 16. The lowest BCUT2D eigenvalue weighted by molar-refractivity contribution is -0.392. The first-order valence-corrected chi connectivity index (χ1v) is 29.0. The maximum atomic E-state index is 12.3. The third-order valence-electron chi connectivity index (χ3n) is 19.7. The Bertz CT molecular complexity index is 2240. The zero-order valence-corrected chi connectivity index (χ0v) is 46.4. The number of aryl methyl sites for hydroxylation is 1. The summed E-state index contributed by atoms with van der Waals surface area (Å²) in [7, 11) is 0. The molecule has 0 bridgehead atoms. The van der Waals surface area contributed by atoms with Crippen molar-refractivity contribution in [3.8, 4) is 0 Å². The maximum absolute atomic E-state index is 12.3. The highest BCUT2D eigenvalue weighted by Crippen LogP contribution is 2.63. The summed E-state index contributed by atoms with van der Waals surface area (Å²) in [6, 6.07) is 0. The fraction of sp³-hybridized carbons (Fsp3) is 0.893. The summed E-state index contributed by atoms with van der Waals surface area (Å²) in [5.74, 6) is 3.75. The average molecular weight is 1150 g/mol. The second-order valence-electron chi connectivity index (χ2n) is 24.8. The van der Waals surface area contributed by atoms with Gasteiger partial charge in [0.15, 0.2) is 31.5 Å². The van der Waals surface area contributed by atoms with Crippen LogP contribution < -0.4 is 0 Å². The van der Waals surface area contributed by atoms with Gasteiger partial charge >= 0.3 is 0 Å². The number of allylic oxidation sites excluding steroid dienone is 1. The first-order valence-electron chi connectivity index (χ1n) is 29.0. The quantitative estimate of drug-likeness (QED) is 0.0842. The lowest BCUT2D eigenvalue weighted by Crippen LogP contribution is -2.67. The zero-order valence-electron chi connectivity index (χ0n) is 46.4. The highest BCUT2D eigenvalue weighted by atomic mass is 16.8. The highest BCUT2D eigenvalue weighted by Gasteiger charge is 2.58. The molecular formula is C56H88O24. The van der Waals surface area contributed by atoms with Gasteiger partial charge in [-0.25, -0.2) is 0 Å². The van der Waals surface area contributed by atoms with E-state index in [0.29, 0.717) is 42.9 Å². The first kappa shape index (κ1) is 61.2. The molecule has 2 saturated carbocycles. The molecule has 24 nitrogen and oxygen atoms in total. The third kappa shape index (κ3) is 11.6. The predicted octanol–water partition coefficient (Wildman–Crippen LogP) is -1.45. The monoisotopic (exact) mass is 1140 g/mol. The molecule has 4 aliphatic carbocycles. The van der Waals surface area contributed by atoms with Gasteiger partial charge in [0.2, 0.25) is 0 Å². The van der Waals surface area contributed by atoms with Crippen LogP contribution in [0.1, 0.15) is 115 Å². The summed E-state index contributed by atoms with van der Waals surface area (Å²) in [5.41, 5.74) is 3.70. The molecule has 7 fully saturated rings. The Kier molecular flexibility index (Phi) is 19.0. The Morgan fingerprint density at radius 1 is 0.613 bits per heavy atom. The first-order chi connectivity index (χ1) is 38.0. The van der Waals surface area contributed by atoms with Crippen LogP contribution in [-0.4, -0.2) is 240 Å². The maximum Gasteiger partial charge on any atom is 0.187 e. The van der Waals surface area contributed by atoms with E-state index in [1.54, 1.807) is 13.8 Å². The van der Waals surface area contributed by atoms with E-state index in [1.807, 2.05) is 6.92 Å². The van der Waals surface area contributed by atoms with Crippen molar-refractivity contribution in [1.29, 1.82) is 0 Å². The lowest BCUT2D eigenvalue weighted by atomic mass is 9.50. The van der Waals surface area contributed by atoms with Crippen LogP contribution in [0.5, 0.6) is 0 Å². The SMILES string of the molecule is Cc1c(CC[C@@H](C)COC2OC(CO)[C@@H](O)[C@H](O)[C@@H]2O)oc2c1C1CC[C@H]3[C@@H](CC=C4CC(OC5OC(CO)C(O[C@@H]6OC(C)C(O[C@H]7C[C@@H](O)[C@@H](O)C(C)O7)[C@H](O)C6O)[C@H](O)[C@@H]5O[C@@H]5OC(C)[C@H](O)[C@H](O)C5O)CC[C@@]43C)[C@@H]1C2. The van der Waals surface area contributed by atoms with Gasteiger partial charge < -0.3 is 118 Å². The molecule has 9 aliphatic rings. The van der Waals surface area contributed by atoms with E-state index >= 15 is 0 Å². The number of ether oxygens (including phenoxy) is 10. The molecule has 0 amide bonds. The van der Waals surface area contributed by atoms with E-state index in [2.05, 4.69) is 19.9 Å². The molecule has 80 heavy (non-hydrogen) atoms. The second kappa shape index (κ2) is 24.8. The van der Waals surface area contributed by atoms with Crippen LogP contribution in [0.25, 0.3) is 0 Å². The number of fused-ring (bicyclic) bond motifs is 7. The van der Waals surface area contributed by atoms with E-state index < -0.39 is 167 Å².